The van der Waals surface area contributed by atoms with Crippen molar-refractivity contribution in [1.29, 1.82) is 0 Å². The van der Waals surface area contributed by atoms with Crippen molar-refractivity contribution in [2.45, 2.75) is 32.6 Å². The van der Waals surface area contributed by atoms with Crippen LogP contribution in [0.4, 0.5) is 16.2 Å². The zero-order chi connectivity index (χ0) is 18.9. The highest BCUT2D eigenvalue weighted by atomic mass is 16.5. The number of hydrogen-bond acceptors (Lipinski definition) is 2. The van der Waals surface area contributed by atoms with Crippen LogP contribution >= 0.6 is 0 Å². The molecule has 0 saturated heterocycles. The zero-order valence-electron chi connectivity index (χ0n) is 15.7. The van der Waals surface area contributed by atoms with E-state index < -0.39 is 0 Å². The Hall–Kier alpha value is -3.01. The second kappa shape index (κ2) is 9.62. The number of urea groups is 1. The molecule has 4 nitrogen and oxygen atoms in total. The van der Waals surface area contributed by atoms with Crippen LogP contribution in [0.1, 0.15) is 32.6 Å². The molecule has 0 radical (unpaired) electrons. The first-order chi connectivity index (χ1) is 13.3. The lowest BCUT2D eigenvalue weighted by molar-refractivity contribution is 0.262. The molecule has 2 amide bonds. The second-order valence-electron chi connectivity index (χ2n) is 6.54. The largest absolute Gasteiger partial charge is 0.494 e. The molecule has 27 heavy (non-hydrogen) atoms. The highest BCUT2D eigenvalue weighted by Crippen LogP contribution is 2.23. The molecule has 0 heterocycles. The van der Waals surface area contributed by atoms with Crippen LogP contribution < -0.4 is 15.4 Å². The van der Waals surface area contributed by atoms with Crippen LogP contribution in [0.2, 0.25) is 0 Å². The Kier molecular flexibility index (Phi) is 6.69. The predicted octanol–water partition coefficient (Wildman–Crippen LogP) is 6.44. The Morgan fingerprint density at radius 3 is 2.59 bits per heavy atom. The highest BCUT2D eigenvalue weighted by Gasteiger charge is 2.06. The van der Waals surface area contributed by atoms with Gasteiger partial charge in [0.2, 0.25) is 0 Å². The number of hydrogen-bond donors (Lipinski definition) is 2. The number of unbranched alkanes of at least 4 members (excludes halogenated alkanes) is 3. The molecule has 2 N–H and O–H groups in total. The Balaban J connectivity index is 1.58. The molecule has 3 aromatic carbocycles. The van der Waals surface area contributed by atoms with Crippen LogP contribution in [0, 0.1) is 0 Å². The predicted molar refractivity (Wildman–Crippen MR) is 113 cm³/mol. The molecule has 0 aliphatic rings. The number of anilines is 2. The van der Waals surface area contributed by atoms with Crippen LogP contribution in [-0.2, 0) is 0 Å². The van der Waals surface area contributed by atoms with Gasteiger partial charge in [0.15, 0.2) is 0 Å². The lowest BCUT2D eigenvalue weighted by Gasteiger charge is -2.11. The normalized spacial score (nSPS) is 10.6. The van der Waals surface area contributed by atoms with Crippen molar-refractivity contribution in [2.24, 2.45) is 0 Å². The number of rotatable bonds is 8. The standard InChI is InChI=1S/C23H26N2O2/c1-2-3-4-7-16-27-20-13-9-12-19(17-20)24-23(26)25-22-15-8-11-18-10-5-6-14-21(18)22/h5-6,8-15,17H,2-4,7,16H2,1H3,(H2,24,25,26). The summed E-state index contributed by atoms with van der Waals surface area (Å²) in [6, 6.07) is 21.1. The van der Waals surface area contributed by atoms with E-state index in [2.05, 4.69) is 17.6 Å². The van der Waals surface area contributed by atoms with Gasteiger partial charge in [-0.2, -0.15) is 0 Å². The number of benzene rings is 3. The Morgan fingerprint density at radius 2 is 1.70 bits per heavy atom. The van der Waals surface area contributed by atoms with Crippen LogP contribution in [0.3, 0.4) is 0 Å². The van der Waals surface area contributed by atoms with Crippen molar-refractivity contribution in [1.82, 2.24) is 0 Å². The minimum absolute atomic E-state index is 0.272. The van der Waals surface area contributed by atoms with Crippen molar-refractivity contribution in [2.75, 3.05) is 17.2 Å². The van der Waals surface area contributed by atoms with Gasteiger partial charge in [-0.3, -0.25) is 0 Å². The maximum atomic E-state index is 12.4. The van der Waals surface area contributed by atoms with Crippen LogP contribution in [0.15, 0.2) is 66.7 Å². The van der Waals surface area contributed by atoms with E-state index in [4.69, 9.17) is 4.74 Å². The van der Waals surface area contributed by atoms with Gasteiger partial charge < -0.3 is 15.4 Å². The molecule has 4 heteroatoms. The lowest BCUT2D eigenvalue weighted by atomic mass is 10.1. The first-order valence-corrected chi connectivity index (χ1v) is 9.55. The third kappa shape index (κ3) is 5.48. The number of carbonyl (C=O) groups is 1. The molecule has 0 spiro atoms. The molecule has 3 rings (SSSR count). The van der Waals surface area contributed by atoms with Gasteiger partial charge in [-0.25, -0.2) is 4.79 Å². The van der Waals surface area contributed by atoms with Crippen molar-refractivity contribution < 1.29 is 9.53 Å². The summed E-state index contributed by atoms with van der Waals surface area (Å²) in [6.45, 7) is 2.89. The second-order valence-corrected chi connectivity index (χ2v) is 6.54. The molecule has 0 bridgehead atoms. The minimum Gasteiger partial charge on any atom is -0.494 e. The summed E-state index contributed by atoms with van der Waals surface area (Å²) < 4.78 is 5.78. The SMILES string of the molecule is CCCCCCOc1cccc(NC(=O)Nc2cccc3ccccc23)c1. The summed E-state index contributed by atoms with van der Waals surface area (Å²) in [6.07, 6.45) is 4.68. The maximum Gasteiger partial charge on any atom is 0.323 e. The zero-order valence-corrected chi connectivity index (χ0v) is 15.7. The van der Waals surface area contributed by atoms with E-state index in [1.54, 1.807) is 0 Å². The molecule has 0 aliphatic carbocycles. The molecule has 140 valence electrons. The van der Waals surface area contributed by atoms with Crippen LogP contribution in [-0.4, -0.2) is 12.6 Å². The van der Waals surface area contributed by atoms with E-state index in [0.29, 0.717) is 12.3 Å². The van der Waals surface area contributed by atoms with Gasteiger partial charge in [-0.1, -0.05) is 68.7 Å². The minimum atomic E-state index is -0.272. The fraction of sp³-hybridized carbons (Fsp3) is 0.261. The van der Waals surface area contributed by atoms with Gasteiger partial charge in [0.25, 0.3) is 0 Å². The lowest BCUT2D eigenvalue weighted by Crippen LogP contribution is -2.19. The first-order valence-electron chi connectivity index (χ1n) is 9.55. The Bertz CT molecular complexity index is 887. The van der Waals surface area contributed by atoms with E-state index in [1.165, 1.54) is 19.3 Å². The van der Waals surface area contributed by atoms with Gasteiger partial charge in [-0.15, -0.1) is 0 Å². The molecule has 0 atom stereocenters. The molecule has 0 unspecified atom stereocenters. The third-order valence-electron chi connectivity index (χ3n) is 4.40. The van der Waals surface area contributed by atoms with Crippen molar-refractivity contribution in [3.8, 4) is 5.75 Å². The number of nitrogens with one attached hydrogen (secondary N) is 2. The molecule has 0 aliphatic heterocycles. The average molecular weight is 362 g/mol. The van der Waals surface area contributed by atoms with Crippen LogP contribution in [0.5, 0.6) is 5.75 Å². The molecule has 3 aromatic rings. The van der Waals surface area contributed by atoms with Gasteiger partial charge in [-0.05, 0) is 30.0 Å². The van der Waals surface area contributed by atoms with Gasteiger partial charge in [0, 0.05) is 17.1 Å². The summed E-state index contributed by atoms with van der Waals surface area (Å²) in [7, 11) is 0. The molecular weight excluding hydrogens is 336 g/mol. The fourth-order valence-corrected chi connectivity index (χ4v) is 3.00. The van der Waals surface area contributed by atoms with Gasteiger partial charge in [0.05, 0.1) is 12.3 Å². The summed E-state index contributed by atoms with van der Waals surface area (Å²) in [5.74, 6) is 0.773. The van der Waals surface area contributed by atoms with E-state index in [1.807, 2.05) is 66.7 Å². The topological polar surface area (TPSA) is 50.4 Å². The summed E-state index contributed by atoms with van der Waals surface area (Å²) in [5, 5.41) is 7.91. The average Bonchev–Trinajstić information content (AvgIpc) is 2.68. The first kappa shape index (κ1) is 18.8. The molecule has 0 saturated carbocycles. The monoisotopic (exact) mass is 362 g/mol. The summed E-state index contributed by atoms with van der Waals surface area (Å²) in [4.78, 5) is 12.4. The number of amides is 2. The van der Waals surface area contributed by atoms with Crippen molar-refractivity contribution in [3.63, 3.8) is 0 Å². The van der Waals surface area contributed by atoms with Gasteiger partial charge >= 0.3 is 6.03 Å². The van der Waals surface area contributed by atoms with Crippen LogP contribution in [0.25, 0.3) is 10.8 Å². The summed E-state index contributed by atoms with van der Waals surface area (Å²) >= 11 is 0. The van der Waals surface area contributed by atoms with Crippen molar-refractivity contribution >= 4 is 28.2 Å². The third-order valence-corrected chi connectivity index (χ3v) is 4.40. The number of carbonyl (C=O) groups excluding carboxylic acids is 1. The quantitative estimate of drug-likeness (QED) is 0.453. The number of ether oxygens (including phenoxy) is 1. The maximum absolute atomic E-state index is 12.4. The fourth-order valence-electron chi connectivity index (χ4n) is 3.00. The smallest absolute Gasteiger partial charge is 0.323 e. The van der Waals surface area contributed by atoms with Gasteiger partial charge in [0.1, 0.15) is 5.75 Å². The molecular formula is C23H26N2O2. The summed E-state index contributed by atoms with van der Waals surface area (Å²) in [5.41, 5.74) is 1.49. The van der Waals surface area contributed by atoms with E-state index >= 15 is 0 Å². The molecule has 0 aromatic heterocycles. The van der Waals surface area contributed by atoms with Crippen molar-refractivity contribution in [3.05, 3.63) is 66.7 Å². The van der Waals surface area contributed by atoms with E-state index in [-0.39, 0.29) is 6.03 Å². The highest BCUT2D eigenvalue weighted by molar-refractivity contribution is 6.06. The van der Waals surface area contributed by atoms with E-state index in [0.717, 1.165) is 28.6 Å². The molecule has 0 fully saturated rings. The van der Waals surface area contributed by atoms with E-state index in [9.17, 15) is 4.79 Å². The Morgan fingerprint density at radius 1 is 0.889 bits per heavy atom. The Labute approximate surface area is 160 Å². The number of fused-ring (bicyclic) bond motifs is 1.